The quantitative estimate of drug-likeness (QED) is 0.0845. The first kappa shape index (κ1) is 29.5. The number of carbonyl (C=O) groups excluding carboxylic acids is 1. The summed E-state index contributed by atoms with van der Waals surface area (Å²) in [6.45, 7) is 5.10. The van der Waals surface area contributed by atoms with Crippen LogP contribution in [0.1, 0.15) is 117 Å². The van der Waals surface area contributed by atoms with E-state index in [4.69, 9.17) is 9.99 Å². The molecule has 0 aliphatic rings. The van der Waals surface area contributed by atoms with Gasteiger partial charge < -0.3 is 10.00 Å². The molecule has 0 aliphatic heterocycles. The van der Waals surface area contributed by atoms with Crippen LogP contribution in [-0.2, 0) is 18.9 Å². The summed E-state index contributed by atoms with van der Waals surface area (Å²) in [5.74, 6) is 0. The molecule has 0 saturated heterocycles. The van der Waals surface area contributed by atoms with Crippen LogP contribution in [-0.4, -0.2) is 34.5 Å². The molecular formula is C22H45O7P. The number of aliphatic hydroxyl groups excluding tert-OH is 1. The molecular weight excluding hydrogens is 407 g/mol. The maximum absolute atomic E-state index is 11.7. The molecule has 0 aromatic heterocycles. The van der Waals surface area contributed by atoms with Crippen LogP contribution in [0.4, 0.5) is 4.79 Å². The van der Waals surface area contributed by atoms with E-state index in [1.165, 1.54) is 77.6 Å². The highest BCUT2D eigenvalue weighted by Crippen LogP contribution is 2.44. The Labute approximate surface area is 183 Å². The Morgan fingerprint density at radius 1 is 0.867 bits per heavy atom. The van der Waals surface area contributed by atoms with Gasteiger partial charge in [0.2, 0.25) is 0 Å². The summed E-state index contributed by atoms with van der Waals surface area (Å²) >= 11 is 0. The van der Waals surface area contributed by atoms with Crippen molar-refractivity contribution in [1.82, 2.24) is 0 Å². The number of carbonyl (C=O) groups is 1. The van der Waals surface area contributed by atoms with Gasteiger partial charge in [-0.3, -0.25) is 9.41 Å². The zero-order valence-corrected chi connectivity index (χ0v) is 20.2. The highest BCUT2D eigenvalue weighted by atomic mass is 31.2. The van der Waals surface area contributed by atoms with Crippen LogP contribution in [0, 0.1) is 0 Å². The van der Waals surface area contributed by atoms with Crippen molar-refractivity contribution in [2.75, 3.05) is 6.61 Å². The SMILES string of the molecule is CCCCCCCCCCCCCCCC(CC)OOC(=O)P(=O)(O)OCC(C)O. The summed E-state index contributed by atoms with van der Waals surface area (Å²) in [6, 6.07) is 0. The topological polar surface area (TPSA) is 102 Å². The van der Waals surface area contributed by atoms with Crippen molar-refractivity contribution in [3.05, 3.63) is 0 Å². The molecule has 0 aromatic rings. The largest absolute Gasteiger partial charge is 0.452 e. The third-order valence-electron chi connectivity index (χ3n) is 5.06. The standard InChI is InChI=1S/C22H45O7P/c1-4-6-7-8-9-10-11-12-13-14-15-16-17-18-21(5-2)28-29-22(24)30(25,26)27-19-20(3)23/h20-21,23H,4-19H2,1-3H3,(H,25,26). The highest BCUT2D eigenvalue weighted by molar-refractivity contribution is 7.70. The second-order valence-electron chi connectivity index (χ2n) is 8.17. The van der Waals surface area contributed by atoms with E-state index in [0.29, 0.717) is 6.42 Å². The van der Waals surface area contributed by atoms with E-state index >= 15 is 0 Å². The monoisotopic (exact) mass is 452 g/mol. The fourth-order valence-corrected chi connectivity index (χ4v) is 3.79. The number of aliphatic hydroxyl groups is 1. The van der Waals surface area contributed by atoms with Crippen LogP contribution in [0.5, 0.6) is 0 Å². The fraction of sp³-hybridized carbons (Fsp3) is 0.955. The Morgan fingerprint density at radius 3 is 1.77 bits per heavy atom. The Kier molecular flexibility index (Phi) is 18.9. The molecule has 0 amide bonds. The summed E-state index contributed by atoms with van der Waals surface area (Å²) in [7, 11) is -4.61. The Balaban J connectivity index is 3.68. The first-order valence-corrected chi connectivity index (χ1v) is 13.4. The molecule has 3 unspecified atom stereocenters. The van der Waals surface area contributed by atoms with E-state index in [0.717, 1.165) is 19.3 Å². The Bertz CT molecular complexity index is 457. The molecule has 0 spiro atoms. The number of hydrogen-bond donors (Lipinski definition) is 2. The molecule has 0 bridgehead atoms. The molecule has 0 aliphatic carbocycles. The lowest BCUT2D eigenvalue weighted by atomic mass is 10.0. The lowest BCUT2D eigenvalue weighted by Gasteiger charge is -2.16. The summed E-state index contributed by atoms with van der Waals surface area (Å²) in [6.07, 6.45) is 16.7. The third-order valence-corrected chi connectivity index (χ3v) is 6.10. The van der Waals surface area contributed by atoms with Gasteiger partial charge in [-0.05, 0) is 19.8 Å². The normalized spacial score (nSPS) is 15.5. The average Bonchev–Trinajstić information content (AvgIpc) is 2.71. The highest BCUT2D eigenvalue weighted by Gasteiger charge is 2.35. The van der Waals surface area contributed by atoms with Crippen molar-refractivity contribution in [2.24, 2.45) is 0 Å². The molecule has 3 atom stereocenters. The predicted octanol–water partition coefficient (Wildman–Crippen LogP) is 6.90. The second kappa shape index (κ2) is 19.2. The number of hydrogen-bond acceptors (Lipinski definition) is 6. The van der Waals surface area contributed by atoms with Gasteiger partial charge in [0.15, 0.2) is 0 Å². The van der Waals surface area contributed by atoms with Gasteiger partial charge >= 0.3 is 13.3 Å². The summed E-state index contributed by atoms with van der Waals surface area (Å²) in [4.78, 5) is 30.6. The van der Waals surface area contributed by atoms with Crippen molar-refractivity contribution in [2.45, 2.75) is 129 Å². The van der Waals surface area contributed by atoms with Gasteiger partial charge in [0.05, 0.1) is 12.7 Å². The number of unbranched alkanes of at least 4 members (excludes halogenated alkanes) is 12. The molecule has 0 fully saturated rings. The molecule has 180 valence electrons. The second-order valence-corrected chi connectivity index (χ2v) is 9.84. The summed E-state index contributed by atoms with van der Waals surface area (Å²) < 4.78 is 16.2. The van der Waals surface area contributed by atoms with Crippen LogP contribution < -0.4 is 0 Å². The molecule has 0 radical (unpaired) electrons. The Hall–Kier alpha value is -0.460. The van der Waals surface area contributed by atoms with Gasteiger partial charge in [-0.25, -0.2) is 9.36 Å². The zero-order chi connectivity index (χ0) is 22.7. The van der Waals surface area contributed by atoms with Crippen LogP contribution in [0.3, 0.4) is 0 Å². The van der Waals surface area contributed by atoms with Gasteiger partial charge in [-0.1, -0.05) is 97.3 Å². The Morgan fingerprint density at radius 2 is 1.33 bits per heavy atom. The zero-order valence-electron chi connectivity index (χ0n) is 19.4. The molecule has 0 rings (SSSR count). The van der Waals surface area contributed by atoms with E-state index in [1.807, 2.05) is 6.92 Å². The average molecular weight is 453 g/mol. The summed E-state index contributed by atoms with van der Waals surface area (Å²) in [5, 5.41) is 9.06. The minimum atomic E-state index is -4.61. The van der Waals surface area contributed by atoms with Gasteiger partial charge in [-0.2, -0.15) is 4.89 Å². The molecule has 8 heteroatoms. The van der Waals surface area contributed by atoms with E-state index in [1.54, 1.807) is 0 Å². The molecule has 0 saturated carbocycles. The van der Waals surface area contributed by atoms with Gasteiger partial charge in [-0.15, -0.1) is 0 Å². The van der Waals surface area contributed by atoms with Crippen LogP contribution >= 0.6 is 7.60 Å². The van der Waals surface area contributed by atoms with Crippen molar-refractivity contribution < 1.29 is 33.7 Å². The molecule has 0 aromatic carbocycles. The smallest absolute Gasteiger partial charge is 0.391 e. The lowest BCUT2D eigenvalue weighted by molar-refractivity contribution is -0.269. The van der Waals surface area contributed by atoms with Crippen molar-refractivity contribution >= 4 is 13.3 Å². The van der Waals surface area contributed by atoms with E-state index in [9.17, 15) is 14.3 Å². The van der Waals surface area contributed by atoms with E-state index in [-0.39, 0.29) is 6.10 Å². The lowest BCUT2D eigenvalue weighted by Crippen LogP contribution is -2.17. The fourth-order valence-electron chi connectivity index (χ4n) is 3.13. The van der Waals surface area contributed by atoms with Crippen LogP contribution in [0.25, 0.3) is 0 Å². The van der Waals surface area contributed by atoms with E-state index < -0.39 is 26.0 Å². The van der Waals surface area contributed by atoms with Crippen molar-refractivity contribution in [3.8, 4) is 0 Å². The van der Waals surface area contributed by atoms with E-state index in [2.05, 4.69) is 16.3 Å². The molecule has 0 heterocycles. The number of rotatable bonds is 21. The predicted molar refractivity (Wildman–Crippen MR) is 119 cm³/mol. The van der Waals surface area contributed by atoms with Crippen LogP contribution in [0.15, 0.2) is 0 Å². The van der Waals surface area contributed by atoms with Crippen molar-refractivity contribution in [3.63, 3.8) is 0 Å². The molecule has 2 N–H and O–H groups in total. The van der Waals surface area contributed by atoms with Gasteiger partial charge in [0.25, 0.3) is 0 Å². The van der Waals surface area contributed by atoms with Crippen molar-refractivity contribution in [1.29, 1.82) is 0 Å². The first-order chi connectivity index (χ1) is 14.3. The summed E-state index contributed by atoms with van der Waals surface area (Å²) in [5.41, 5.74) is -1.45. The van der Waals surface area contributed by atoms with Crippen LogP contribution in [0.2, 0.25) is 0 Å². The molecule has 7 nitrogen and oxygen atoms in total. The maximum atomic E-state index is 11.7. The maximum Gasteiger partial charge on any atom is 0.452 e. The molecule has 30 heavy (non-hydrogen) atoms. The third kappa shape index (κ3) is 17.2. The first-order valence-electron chi connectivity index (χ1n) is 11.9. The minimum Gasteiger partial charge on any atom is -0.391 e. The van der Waals surface area contributed by atoms with Gasteiger partial charge in [0, 0.05) is 0 Å². The van der Waals surface area contributed by atoms with Gasteiger partial charge in [0.1, 0.15) is 6.10 Å². The minimum absolute atomic E-state index is 0.307.